The molecule has 0 amide bonds. The fourth-order valence-corrected chi connectivity index (χ4v) is 2.78. The second kappa shape index (κ2) is 6.67. The molecular formula is C17H26N2O3. The molecule has 0 aromatic heterocycles. The van der Waals surface area contributed by atoms with Crippen LogP contribution in [0.4, 0.5) is 4.79 Å². The highest BCUT2D eigenvalue weighted by Crippen LogP contribution is 2.34. The summed E-state index contributed by atoms with van der Waals surface area (Å²) in [4.78, 5) is 17.0. The zero-order valence-electron chi connectivity index (χ0n) is 13.7. The Morgan fingerprint density at radius 2 is 1.82 bits per heavy atom. The minimum absolute atomic E-state index is 0.0327. The van der Waals surface area contributed by atoms with Gasteiger partial charge in [0, 0.05) is 25.0 Å². The van der Waals surface area contributed by atoms with Gasteiger partial charge in [0.25, 0.3) is 0 Å². The van der Waals surface area contributed by atoms with Crippen molar-refractivity contribution in [3.63, 3.8) is 0 Å². The first-order chi connectivity index (χ1) is 10.3. The van der Waals surface area contributed by atoms with E-state index in [0.717, 1.165) is 12.8 Å². The fourth-order valence-electron chi connectivity index (χ4n) is 2.78. The maximum absolute atomic E-state index is 11.7. The first kappa shape index (κ1) is 16.8. The molecule has 5 heteroatoms. The van der Waals surface area contributed by atoms with Crippen LogP contribution in [0.15, 0.2) is 30.3 Å². The highest BCUT2D eigenvalue weighted by molar-refractivity contribution is 5.60. The van der Waals surface area contributed by atoms with Gasteiger partial charge in [-0.15, -0.1) is 5.06 Å². The Bertz CT molecular complexity index is 488. The molecule has 1 aromatic rings. The minimum Gasteiger partial charge on any atom is -0.427 e. The number of nitrogens with two attached hydrogens (primary N) is 1. The van der Waals surface area contributed by atoms with Crippen molar-refractivity contribution in [2.45, 2.75) is 44.6 Å². The van der Waals surface area contributed by atoms with E-state index in [1.165, 1.54) is 5.56 Å². The molecule has 0 saturated carbocycles. The van der Waals surface area contributed by atoms with Crippen LogP contribution in [-0.2, 0) is 15.0 Å². The van der Waals surface area contributed by atoms with Gasteiger partial charge in [0.2, 0.25) is 0 Å². The van der Waals surface area contributed by atoms with Crippen molar-refractivity contribution in [3.8, 4) is 0 Å². The summed E-state index contributed by atoms with van der Waals surface area (Å²) in [5.41, 5.74) is 6.73. The lowest BCUT2D eigenvalue weighted by Gasteiger charge is -2.40. The molecule has 122 valence electrons. The van der Waals surface area contributed by atoms with Gasteiger partial charge in [0.05, 0.1) is 0 Å². The third kappa shape index (κ3) is 4.21. The Labute approximate surface area is 132 Å². The van der Waals surface area contributed by atoms with Gasteiger partial charge in [0.15, 0.2) is 0 Å². The molecule has 0 radical (unpaired) electrons. The molecule has 1 fully saturated rings. The van der Waals surface area contributed by atoms with Gasteiger partial charge >= 0.3 is 6.16 Å². The van der Waals surface area contributed by atoms with Crippen molar-refractivity contribution in [1.82, 2.24) is 5.06 Å². The number of ether oxygens (including phenoxy) is 1. The first-order valence-electron chi connectivity index (χ1n) is 7.76. The summed E-state index contributed by atoms with van der Waals surface area (Å²) in [6.07, 6.45) is 1.07. The largest absolute Gasteiger partial charge is 0.528 e. The Kier molecular flexibility index (Phi) is 5.08. The van der Waals surface area contributed by atoms with Gasteiger partial charge < -0.3 is 15.3 Å². The molecule has 1 heterocycles. The smallest absolute Gasteiger partial charge is 0.427 e. The molecule has 0 aliphatic carbocycles. The van der Waals surface area contributed by atoms with Crippen molar-refractivity contribution in [2.24, 2.45) is 5.73 Å². The van der Waals surface area contributed by atoms with E-state index in [9.17, 15) is 4.79 Å². The molecule has 5 nitrogen and oxygen atoms in total. The molecule has 1 aliphatic heterocycles. The van der Waals surface area contributed by atoms with Crippen LogP contribution in [0.1, 0.15) is 39.2 Å². The van der Waals surface area contributed by atoms with Gasteiger partial charge in [0.1, 0.15) is 5.60 Å². The van der Waals surface area contributed by atoms with E-state index in [1.54, 1.807) is 5.06 Å². The number of carbonyl (C=O) groups excluding carboxylic acids is 1. The molecular weight excluding hydrogens is 280 g/mol. The van der Waals surface area contributed by atoms with Crippen molar-refractivity contribution < 1.29 is 14.4 Å². The molecule has 1 aromatic carbocycles. The Morgan fingerprint density at radius 1 is 1.23 bits per heavy atom. The SMILES string of the molecule is CC(C)(C)OC(=O)ON1CCC(CN)(c2ccccc2)CC1. The predicted octanol–water partition coefficient (Wildman–Crippen LogP) is 2.85. The quantitative estimate of drug-likeness (QED) is 0.870. The highest BCUT2D eigenvalue weighted by atomic mass is 16.8. The summed E-state index contributed by atoms with van der Waals surface area (Å²) in [5, 5.41) is 1.67. The Hall–Kier alpha value is -1.59. The molecule has 1 saturated heterocycles. The zero-order valence-corrected chi connectivity index (χ0v) is 13.7. The van der Waals surface area contributed by atoms with Crippen LogP contribution < -0.4 is 5.73 Å². The topological polar surface area (TPSA) is 64.8 Å². The van der Waals surface area contributed by atoms with E-state index in [4.69, 9.17) is 15.3 Å². The third-order valence-electron chi connectivity index (χ3n) is 4.05. The lowest BCUT2D eigenvalue weighted by atomic mass is 9.73. The van der Waals surface area contributed by atoms with E-state index in [2.05, 4.69) is 12.1 Å². The lowest BCUT2D eigenvalue weighted by Crippen LogP contribution is -2.47. The average molecular weight is 306 g/mol. The average Bonchev–Trinajstić information content (AvgIpc) is 2.47. The number of hydroxylamine groups is 2. The van der Waals surface area contributed by atoms with Gasteiger partial charge in [-0.1, -0.05) is 30.3 Å². The normalized spacial score (nSPS) is 18.7. The first-order valence-corrected chi connectivity index (χ1v) is 7.76. The summed E-state index contributed by atoms with van der Waals surface area (Å²) < 4.78 is 5.18. The number of benzene rings is 1. The van der Waals surface area contributed by atoms with Crippen LogP contribution in [-0.4, -0.2) is 36.5 Å². The summed E-state index contributed by atoms with van der Waals surface area (Å²) in [6, 6.07) is 10.3. The summed E-state index contributed by atoms with van der Waals surface area (Å²) in [6.45, 7) is 7.37. The molecule has 0 bridgehead atoms. The van der Waals surface area contributed by atoms with Crippen LogP contribution >= 0.6 is 0 Å². The Morgan fingerprint density at radius 3 is 2.32 bits per heavy atom. The number of piperidine rings is 1. The van der Waals surface area contributed by atoms with Gasteiger partial charge in [-0.3, -0.25) is 0 Å². The van der Waals surface area contributed by atoms with Crippen molar-refractivity contribution >= 4 is 6.16 Å². The molecule has 2 rings (SSSR count). The van der Waals surface area contributed by atoms with E-state index in [1.807, 2.05) is 39.0 Å². The molecule has 2 N–H and O–H groups in total. The lowest BCUT2D eigenvalue weighted by molar-refractivity contribution is -0.157. The molecule has 22 heavy (non-hydrogen) atoms. The van der Waals surface area contributed by atoms with E-state index in [0.29, 0.717) is 19.6 Å². The third-order valence-corrected chi connectivity index (χ3v) is 4.05. The number of hydrogen-bond donors (Lipinski definition) is 1. The van der Waals surface area contributed by atoms with E-state index < -0.39 is 11.8 Å². The molecule has 0 spiro atoms. The fraction of sp³-hybridized carbons (Fsp3) is 0.588. The summed E-state index contributed by atoms with van der Waals surface area (Å²) in [7, 11) is 0. The minimum atomic E-state index is -0.646. The van der Waals surface area contributed by atoms with Gasteiger partial charge in [-0.05, 0) is 39.2 Å². The standard InChI is InChI=1S/C17H26N2O3/c1-16(2,3)21-15(20)22-19-11-9-17(13-18,10-12-19)14-7-5-4-6-8-14/h4-8H,9-13,18H2,1-3H3. The van der Waals surface area contributed by atoms with Crippen molar-refractivity contribution in [3.05, 3.63) is 35.9 Å². The Balaban J connectivity index is 1.93. The summed E-state index contributed by atoms with van der Waals surface area (Å²) in [5.74, 6) is 0. The molecule has 1 aliphatic rings. The van der Waals surface area contributed by atoms with Crippen LogP contribution in [0, 0.1) is 0 Å². The van der Waals surface area contributed by atoms with Crippen LogP contribution in [0.25, 0.3) is 0 Å². The second-order valence-electron chi connectivity index (χ2n) is 6.84. The molecule has 0 unspecified atom stereocenters. The maximum Gasteiger partial charge on any atom is 0.528 e. The van der Waals surface area contributed by atoms with Crippen molar-refractivity contribution in [1.29, 1.82) is 0 Å². The maximum atomic E-state index is 11.7. The highest BCUT2D eigenvalue weighted by Gasteiger charge is 2.36. The van der Waals surface area contributed by atoms with Crippen molar-refractivity contribution in [2.75, 3.05) is 19.6 Å². The number of carbonyl (C=O) groups is 1. The van der Waals surface area contributed by atoms with Crippen LogP contribution in [0.3, 0.4) is 0 Å². The zero-order chi connectivity index (χ0) is 16.2. The second-order valence-corrected chi connectivity index (χ2v) is 6.84. The predicted molar refractivity (Wildman–Crippen MR) is 85.3 cm³/mol. The van der Waals surface area contributed by atoms with E-state index in [-0.39, 0.29) is 5.41 Å². The van der Waals surface area contributed by atoms with Crippen LogP contribution in [0.2, 0.25) is 0 Å². The monoisotopic (exact) mass is 306 g/mol. The van der Waals surface area contributed by atoms with Gasteiger partial charge in [-0.2, -0.15) is 0 Å². The van der Waals surface area contributed by atoms with Crippen LogP contribution in [0.5, 0.6) is 0 Å². The molecule has 0 atom stereocenters. The number of hydrogen-bond acceptors (Lipinski definition) is 5. The number of rotatable bonds is 3. The number of nitrogens with zero attached hydrogens (tertiary/aromatic N) is 1. The van der Waals surface area contributed by atoms with Gasteiger partial charge in [-0.25, -0.2) is 4.79 Å². The van der Waals surface area contributed by atoms with E-state index >= 15 is 0 Å². The summed E-state index contributed by atoms with van der Waals surface area (Å²) >= 11 is 0.